The first-order chi connectivity index (χ1) is 14.2. The van der Waals surface area contributed by atoms with Crippen LogP contribution < -0.4 is 0 Å². The Labute approximate surface area is 182 Å². The molecule has 0 saturated heterocycles. The van der Waals surface area contributed by atoms with Gasteiger partial charge in [-0.1, -0.05) is 43.2 Å². The lowest BCUT2D eigenvalue weighted by Crippen LogP contribution is -2.32. The molecule has 0 unspecified atom stereocenters. The molecule has 0 aromatic carbocycles. The van der Waals surface area contributed by atoms with Crippen molar-refractivity contribution in [2.75, 3.05) is 13.7 Å². The van der Waals surface area contributed by atoms with E-state index in [1.807, 2.05) is 13.8 Å². The van der Waals surface area contributed by atoms with Crippen molar-refractivity contribution in [3.8, 4) is 0 Å². The molecule has 4 atom stereocenters. The Morgan fingerprint density at radius 3 is 2.47 bits per heavy atom. The van der Waals surface area contributed by atoms with Gasteiger partial charge in [-0.05, 0) is 70.4 Å². The van der Waals surface area contributed by atoms with Crippen molar-refractivity contribution in [1.82, 2.24) is 0 Å². The zero-order chi connectivity index (χ0) is 22.5. The van der Waals surface area contributed by atoms with Crippen molar-refractivity contribution in [3.63, 3.8) is 0 Å². The molecular weight excluding hydrogens is 376 g/mol. The van der Waals surface area contributed by atoms with Gasteiger partial charge in [0, 0.05) is 31.0 Å². The van der Waals surface area contributed by atoms with Crippen molar-refractivity contribution in [2.45, 2.75) is 79.2 Å². The maximum Gasteiger partial charge on any atom is 0.203 e. The molecule has 0 amide bonds. The largest absolute Gasteiger partial charge is 0.504 e. The molecular formula is C26H40O4. The van der Waals surface area contributed by atoms with Crippen LogP contribution in [0.25, 0.3) is 0 Å². The number of hydrogen-bond donors (Lipinski definition) is 2. The number of aliphatic hydroxyl groups excluding tert-OH is 2. The fourth-order valence-electron chi connectivity index (χ4n) is 4.83. The van der Waals surface area contributed by atoms with E-state index >= 15 is 0 Å². The maximum atomic E-state index is 13.2. The number of Topliss-reactive ketones (excluding diaryl/α,β-unsaturated/α-hetero) is 1. The molecule has 2 aliphatic carbocycles. The van der Waals surface area contributed by atoms with E-state index in [2.05, 4.69) is 39.0 Å². The van der Waals surface area contributed by atoms with Crippen LogP contribution in [-0.2, 0) is 9.53 Å². The lowest BCUT2D eigenvalue weighted by molar-refractivity contribution is -0.126. The third-order valence-corrected chi connectivity index (χ3v) is 7.13. The fraction of sp³-hybridized carbons (Fsp3) is 0.654. The minimum atomic E-state index is -0.699. The number of ketones is 1. The van der Waals surface area contributed by atoms with Gasteiger partial charge in [-0.2, -0.15) is 0 Å². The molecule has 168 valence electrons. The number of methoxy groups -OCH3 is 1. The van der Waals surface area contributed by atoms with Crippen LogP contribution >= 0.6 is 0 Å². The third kappa shape index (κ3) is 5.33. The van der Waals surface area contributed by atoms with Crippen molar-refractivity contribution in [1.29, 1.82) is 0 Å². The zero-order valence-corrected chi connectivity index (χ0v) is 19.6. The van der Waals surface area contributed by atoms with Crippen molar-refractivity contribution in [3.05, 3.63) is 46.3 Å². The quantitative estimate of drug-likeness (QED) is 0.567. The summed E-state index contributed by atoms with van der Waals surface area (Å²) in [6, 6.07) is 0. The zero-order valence-electron chi connectivity index (χ0n) is 19.6. The molecule has 2 rings (SSSR count). The first-order valence-electron chi connectivity index (χ1n) is 11.2. The second kappa shape index (κ2) is 10.6. The standard InChI is InChI=1S/C26H40O4/c1-17-8-7-9-18(2)14-15-26(5)21(12-11-19(3)22(30-6)13-10-17)23(20(4)16-27)24(28)25(26)29/h8,11,14,20-22,27-28H,7,9-10,12-13,15-16H2,1-6H3/b17-8+,18-14+,19-11+/t20-,21-,22+,26+/m1/s1. The Morgan fingerprint density at radius 2 is 1.83 bits per heavy atom. The van der Waals surface area contributed by atoms with Crippen molar-refractivity contribution >= 4 is 5.78 Å². The molecule has 0 heterocycles. The Bertz CT molecular complexity index is 755. The van der Waals surface area contributed by atoms with Gasteiger partial charge >= 0.3 is 0 Å². The normalized spacial score (nSPS) is 35.8. The van der Waals surface area contributed by atoms with Crippen LogP contribution in [0.1, 0.15) is 73.1 Å². The van der Waals surface area contributed by atoms with Crippen LogP contribution in [-0.4, -0.2) is 35.8 Å². The summed E-state index contributed by atoms with van der Waals surface area (Å²) in [5.41, 5.74) is 3.82. The van der Waals surface area contributed by atoms with Crippen molar-refractivity contribution < 1.29 is 19.7 Å². The molecule has 4 nitrogen and oxygen atoms in total. The summed E-state index contributed by atoms with van der Waals surface area (Å²) in [4.78, 5) is 13.2. The van der Waals surface area contributed by atoms with Crippen LogP contribution in [0.3, 0.4) is 0 Å². The minimum absolute atomic E-state index is 0.0398. The second-order valence-corrected chi connectivity index (χ2v) is 9.48. The van der Waals surface area contributed by atoms with Gasteiger partial charge < -0.3 is 14.9 Å². The van der Waals surface area contributed by atoms with Crippen LogP contribution in [0.15, 0.2) is 46.3 Å². The first-order valence-corrected chi connectivity index (χ1v) is 11.2. The highest BCUT2D eigenvalue weighted by atomic mass is 16.5. The lowest BCUT2D eigenvalue weighted by Gasteiger charge is -2.32. The van der Waals surface area contributed by atoms with Gasteiger partial charge in [0.1, 0.15) is 0 Å². The highest BCUT2D eigenvalue weighted by Crippen LogP contribution is 2.50. The van der Waals surface area contributed by atoms with E-state index in [1.165, 1.54) is 11.1 Å². The van der Waals surface area contributed by atoms with E-state index in [4.69, 9.17) is 4.74 Å². The van der Waals surface area contributed by atoms with Gasteiger partial charge in [0.2, 0.25) is 5.78 Å². The Morgan fingerprint density at radius 1 is 1.17 bits per heavy atom. The van der Waals surface area contributed by atoms with Gasteiger partial charge in [-0.15, -0.1) is 0 Å². The first kappa shape index (κ1) is 24.6. The van der Waals surface area contributed by atoms with E-state index < -0.39 is 5.41 Å². The maximum absolute atomic E-state index is 13.2. The van der Waals surface area contributed by atoms with Gasteiger partial charge in [0.05, 0.1) is 6.10 Å². The second-order valence-electron chi connectivity index (χ2n) is 9.48. The average molecular weight is 417 g/mol. The van der Waals surface area contributed by atoms with Gasteiger partial charge in [-0.3, -0.25) is 4.79 Å². The molecule has 0 aromatic rings. The summed E-state index contributed by atoms with van der Waals surface area (Å²) in [6.45, 7) is 10.2. The summed E-state index contributed by atoms with van der Waals surface area (Å²) >= 11 is 0. The summed E-state index contributed by atoms with van der Waals surface area (Å²) < 4.78 is 5.75. The van der Waals surface area contributed by atoms with E-state index in [0.717, 1.165) is 31.3 Å². The molecule has 0 bridgehead atoms. The molecule has 30 heavy (non-hydrogen) atoms. The smallest absolute Gasteiger partial charge is 0.203 e. The van der Waals surface area contributed by atoms with Crippen molar-refractivity contribution in [2.24, 2.45) is 17.3 Å². The summed E-state index contributed by atoms with van der Waals surface area (Å²) in [5.74, 6) is -0.703. The predicted octanol–water partition coefficient (Wildman–Crippen LogP) is 5.84. The average Bonchev–Trinajstić information content (AvgIpc) is 2.90. The van der Waals surface area contributed by atoms with Crippen LogP contribution in [0.5, 0.6) is 0 Å². The van der Waals surface area contributed by atoms with E-state index in [9.17, 15) is 15.0 Å². The molecule has 0 saturated carbocycles. The lowest BCUT2D eigenvalue weighted by atomic mass is 9.70. The number of hydrogen-bond acceptors (Lipinski definition) is 4. The monoisotopic (exact) mass is 416 g/mol. The molecule has 2 aliphatic rings. The SMILES string of the molecule is CO[C@H]1CC/C(C)=C/CC/C(C)=C/C[C@]2(C)C(=O)C(O)=C([C@H](C)CO)[C@H]2C/C=C/1C. The molecule has 0 aromatic heterocycles. The molecule has 0 fully saturated rings. The summed E-state index contributed by atoms with van der Waals surface area (Å²) in [5, 5.41) is 20.5. The van der Waals surface area contributed by atoms with E-state index in [-0.39, 0.29) is 36.1 Å². The van der Waals surface area contributed by atoms with Crippen LogP contribution in [0.2, 0.25) is 0 Å². The molecule has 2 N–H and O–H groups in total. The highest BCUT2D eigenvalue weighted by molar-refractivity contribution is 6.02. The molecule has 0 radical (unpaired) electrons. The number of ether oxygens (including phenoxy) is 1. The summed E-state index contributed by atoms with van der Waals surface area (Å²) in [7, 11) is 1.75. The van der Waals surface area contributed by atoms with Gasteiger partial charge in [0.15, 0.2) is 5.76 Å². The topological polar surface area (TPSA) is 66.8 Å². The molecule has 4 heteroatoms. The summed E-state index contributed by atoms with van der Waals surface area (Å²) in [6.07, 6.45) is 11.8. The highest BCUT2D eigenvalue weighted by Gasteiger charge is 2.51. The number of carbonyl (C=O) groups is 1. The number of aliphatic hydroxyl groups is 2. The van der Waals surface area contributed by atoms with E-state index in [0.29, 0.717) is 18.4 Å². The van der Waals surface area contributed by atoms with E-state index in [1.54, 1.807) is 7.11 Å². The fourth-order valence-corrected chi connectivity index (χ4v) is 4.83. The van der Waals surface area contributed by atoms with Crippen LogP contribution in [0.4, 0.5) is 0 Å². The number of carbonyl (C=O) groups excluding carboxylic acids is 1. The van der Waals surface area contributed by atoms with Gasteiger partial charge in [0.25, 0.3) is 0 Å². The number of allylic oxidation sites excluding steroid dienone is 6. The Balaban J connectivity index is 2.48. The Hall–Kier alpha value is -1.65. The Kier molecular flexibility index (Phi) is 8.69. The predicted molar refractivity (Wildman–Crippen MR) is 122 cm³/mol. The number of fused-ring (bicyclic) bond motifs is 1. The number of rotatable bonds is 3. The van der Waals surface area contributed by atoms with Crippen LogP contribution in [0, 0.1) is 17.3 Å². The van der Waals surface area contributed by atoms with Gasteiger partial charge in [-0.25, -0.2) is 0 Å². The molecule has 0 spiro atoms. The molecule has 0 aliphatic heterocycles. The minimum Gasteiger partial charge on any atom is -0.504 e. The third-order valence-electron chi connectivity index (χ3n) is 7.13.